The molecule has 2 N–H and O–H groups in total. The molecular weight excluding hydrogens is 298 g/mol. The highest BCUT2D eigenvalue weighted by molar-refractivity contribution is 7.90. The zero-order chi connectivity index (χ0) is 15.2. The highest BCUT2D eigenvalue weighted by atomic mass is 32.2. The monoisotopic (exact) mass is 313 g/mol. The molecule has 2 atom stereocenters. The van der Waals surface area contributed by atoms with Crippen molar-refractivity contribution in [1.29, 1.82) is 0 Å². The molecule has 2 unspecified atom stereocenters. The highest BCUT2D eigenvalue weighted by Crippen LogP contribution is 2.43. The average molecular weight is 313 g/mol. The molecule has 0 spiro atoms. The molecule has 2 heterocycles. The van der Waals surface area contributed by atoms with E-state index in [0.29, 0.717) is 24.3 Å². The van der Waals surface area contributed by atoms with Crippen LogP contribution in [-0.4, -0.2) is 39.1 Å². The first-order chi connectivity index (χ1) is 9.88. The lowest BCUT2D eigenvalue weighted by atomic mass is 9.99. The molecule has 0 radical (unpaired) electrons. The highest BCUT2D eigenvalue weighted by Gasteiger charge is 2.35. The molecule has 0 bridgehead atoms. The molecule has 0 aromatic heterocycles. The molecule has 0 amide bonds. The van der Waals surface area contributed by atoms with Crippen LogP contribution in [0.3, 0.4) is 0 Å². The van der Waals surface area contributed by atoms with Crippen molar-refractivity contribution >= 4 is 15.8 Å². The lowest BCUT2D eigenvalue weighted by molar-refractivity contribution is -0.141. The predicted octanol–water partition coefficient (Wildman–Crippen LogP) is 0.554. The molecule has 1 saturated heterocycles. The van der Waals surface area contributed by atoms with Gasteiger partial charge in [-0.2, -0.15) is 0 Å². The summed E-state index contributed by atoms with van der Waals surface area (Å²) in [6, 6.07) is 2.99. The van der Waals surface area contributed by atoms with Crippen LogP contribution in [0.5, 0.6) is 11.5 Å². The number of benzene rings is 1. The van der Waals surface area contributed by atoms with Crippen LogP contribution in [0.1, 0.15) is 18.0 Å². The van der Waals surface area contributed by atoms with Gasteiger partial charge in [-0.25, -0.2) is 8.42 Å². The van der Waals surface area contributed by atoms with Gasteiger partial charge in [0.1, 0.15) is 4.90 Å². The van der Waals surface area contributed by atoms with Crippen molar-refractivity contribution in [2.45, 2.75) is 17.4 Å². The first-order valence-electron chi connectivity index (χ1n) is 6.46. The predicted molar refractivity (Wildman–Crippen MR) is 72.2 cm³/mol. The van der Waals surface area contributed by atoms with Crippen LogP contribution in [0.4, 0.5) is 0 Å². The Morgan fingerprint density at radius 3 is 2.76 bits per heavy atom. The van der Waals surface area contributed by atoms with Gasteiger partial charge in [-0.1, -0.05) is 6.07 Å². The third-order valence-electron chi connectivity index (χ3n) is 3.75. The van der Waals surface area contributed by atoms with E-state index in [2.05, 4.69) is 5.32 Å². The smallest absolute Gasteiger partial charge is 0.307 e. The van der Waals surface area contributed by atoms with Crippen LogP contribution in [0.15, 0.2) is 17.0 Å². The van der Waals surface area contributed by atoms with Crippen LogP contribution < -0.4 is 14.8 Å². The van der Waals surface area contributed by atoms with Crippen molar-refractivity contribution in [3.05, 3.63) is 17.7 Å². The van der Waals surface area contributed by atoms with E-state index in [1.807, 2.05) is 0 Å². The van der Waals surface area contributed by atoms with E-state index in [1.165, 1.54) is 0 Å². The minimum absolute atomic E-state index is 0.0167. The SMILES string of the molecule is CS(=O)(=O)c1c(C2CC(C(=O)O)CN2)ccc2c1OCO2. The van der Waals surface area contributed by atoms with Gasteiger partial charge in [0, 0.05) is 18.8 Å². The van der Waals surface area contributed by atoms with Gasteiger partial charge in [-0.15, -0.1) is 0 Å². The Bertz CT molecular complexity index is 699. The summed E-state index contributed by atoms with van der Waals surface area (Å²) in [6.45, 7) is 0.300. The third kappa shape index (κ3) is 2.44. The number of aliphatic carboxylic acids is 1. The number of nitrogens with one attached hydrogen (secondary N) is 1. The molecule has 8 heteroatoms. The molecule has 1 aromatic carbocycles. The zero-order valence-electron chi connectivity index (χ0n) is 11.3. The van der Waals surface area contributed by atoms with Crippen LogP contribution in [0, 0.1) is 5.92 Å². The normalized spacial score (nSPS) is 24.2. The van der Waals surface area contributed by atoms with Crippen molar-refractivity contribution in [3.8, 4) is 11.5 Å². The number of fused-ring (bicyclic) bond motifs is 1. The number of carboxylic acid groups (broad SMARTS) is 1. The topological polar surface area (TPSA) is 102 Å². The van der Waals surface area contributed by atoms with Gasteiger partial charge in [0.2, 0.25) is 6.79 Å². The van der Waals surface area contributed by atoms with Gasteiger partial charge in [-0.3, -0.25) is 4.79 Å². The van der Waals surface area contributed by atoms with E-state index in [1.54, 1.807) is 12.1 Å². The maximum absolute atomic E-state index is 12.1. The van der Waals surface area contributed by atoms with E-state index in [4.69, 9.17) is 14.6 Å². The molecule has 1 aromatic rings. The maximum atomic E-state index is 12.1. The Labute approximate surface area is 121 Å². The van der Waals surface area contributed by atoms with Crippen molar-refractivity contribution in [1.82, 2.24) is 5.32 Å². The number of carboxylic acids is 1. The van der Waals surface area contributed by atoms with Crippen LogP contribution in [0.25, 0.3) is 0 Å². The fraction of sp³-hybridized carbons (Fsp3) is 0.462. The second-order valence-electron chi connectivity index (χ2n) is 5.22. The van der Waals surface area contributed by atoms with Gasteiger partial charge in [0.05, 0.1) is 5.92 Å². The van der Waals surface area contributed by atoms with E-state index in [0.717, 1.165) is 6.26 Å². The fourth-order valence-electron chi connectivity index (χ4n) is 2.78. The fourth-order valence-corrected chi connectivity index (χ4v) is 3.91. The molecule has 0 aliphatic carbocycles. The van der Waals surface area contributed by atoms with Crippen LogP contribution >= 0.6 is 0 Å². The Morgan fingerprint density at radius 2 is 2.14 bits per heavy atom. The molecule has 2 aliphatic heterocycles. The third-order valence-corrected chi connectivity index (χ3v) is 4.91. The molecule has 21 heavy (non-hydrogen) atoms. The van der Waals surface area contributed by atoms with E-state index < -0.39 is 21.7 Å². The van der Waals surface area contributed by atoms with Crippen molar-refractivity contribution in [3.63, 3.8) is 0 Å². The number of carbonyl (C=O) groups is 1. The minimum Gasteiger partial charge on any atom is -0.481 e. The summed E-state index contributed by atoms with van der Waals surface area (Å²) < 4.78 is 34.7. The Morgan fingerprint density at radius 1 is 1.38 bits per heavy atom. The van der Waals surface area contributed by atoms with Crippen LogP contribution in [0.2, 0.25) is 0 Å². The minimum atomic E-state index is -3.53. The molecular formula is C13H15NO6S. The largest absolute Gasteiger partial charge is 0.481 e. The summed E-state index contributed by atoms with van der Waals surface area (Å²) in [5.41, 5.74) is 0.533. The standard InChI is InChI=1S/C13H15NO6S/c1-21(17,18)12-8(2-3-10-11(12)20-6-19-10)9-4-7(5-14-9)13(15)16/h2-3,7,9,14H,4-6H2,1H3,(H,15,16). The van der Waals surface area contributed by atoms with Gasteiger partial charge >= 0.3 is 5.97 Å². The lowest BCUT2D eigenvalue weighted by Crippen LogP contribution is -2.18. The van der Waals surface area contributed by atoms with Gasteiger partial charge < -0.3 is 19.9 Å². The van der Waals surface area contributed by atoms with E-state index >= 15 is 0 Å². The van der Waals surface area contributed by atoms with Crippen LogP contribution in [-0.2, 0) is 14.6 Å². The second kappa shape index (κ2) is 4.88. The Balaban J connectivity index is 2.06. The summed E-state index contributed by atoms with van der Waals surface area (Å²) in [5.74, 6) is -0.790. The number of hydrogen-bond donors (Lipinski definition) is 2. The summed E-state index contributed by atoms with van der Waals surface area (Å²) in [7, 11) is -3.53. The number of ether oxygens (including phenoxy) is 2. The molecule has 7 nitrogen and oxygen atoms in total. The quantitative estimate of drug-likeness (QED) is 0.840. The molecule has 2 aliphatic rings. The molecule has 1 fully saturated rings. The first kappa shape index (κ1) is 14.2. The molecule has 3 rings (SSSR count). The van der Waals surface area contributed by atoms with Gasteiger partial charge in [0.25, 0.3) is 0 Å². The average Bonchev–Trinajstić information content (AvgIpc) is 3.05. The first-order valence-corrected chi connectivity index (χ1v) is 8.36. The zero-order valence-corrected chi connectivity index (χ0v) is 12.1. The summed E-state index contributed by atoms with van der Waals surface area (Å²) in [4.78, 5) is 11.1. The Kier molecular flexibility index (Phi) is 3.29. The number of sulfone groups is 1. The summed E-state index contributed by atoms with van der Waals surface area (Å²) >= 11 is 0. The van der Waals surface area contributed by atoms with Crippen molar-refractivity contribution in [2.75, 3.05) is 19.6 Å². The van der Waals surface area contributed by atoms with E-state index in [9.17, 15) is 13.2 Å². The maximum Gasteiger partial charge on any atom is 0.307 e. The van der Waals surface area contributed by atoms with Gasteiger partial charge in [-0.05, 0) is 18.1 Å². The Hall–Kier alpha value is -1.80. The van der Waals surface area contributed by atoms with Crippen molar-refractivity contribution in [2.24, 2.45) is 5.92 Å². The molecule has 114 valence electrons. The summed E-state index contributed by atoms with van der Waals surface area (Å²) in [5, 5.41) is 12.1. The second-order valence-corrected chi connectivity index (χ2v) is 7.17. The summed E-state index contributed by atoms with van der Waals surface area (Å²) in [6.07, 6.45) is 1.45. The van der Waals surface area contributed by atoms with E-state index in [-0.39, 0.29) is 23.5 Å². The van der Waals surface area contributed by atoms with Gasteiger partial charge in [0.15, 0.2) is 21.3 Å². The van der Waals surface area contributed by atoms with Crippen molar-refractivity contribution < 1.29 is 27.8 Å². The lowest BCUT2D eigenvalue weighted by Gasteiger charge is -2.16. The molecule has 0 saturated carbocycles. The number of rotatable bonds is 3. The number of hydrogen-bond acceptors (Lipinski definition) is 6.